The van der Waals surface area contributed by atoms with Crippen LogP contribution < -0.4 is 5.32 Å². The van der Waals surface area contributed by atoms with Crippen molar-refractivity contribution in [1.29, 1.82) is 0 Å². The van der Waals surface area contributed by atoms with Crippen LogP contribution in [0.2, 0.25) is 0 Å². The maximum Gasteiger partial charge on any atom is 0.336 e. The lowest BCUT2D eigenvalue weighted by Gasteiger charge is -2.13. The van der Waals surface area contributed by atoms with Gasteiger partial charge >= 0.3 is 5.97 Å². The van der Waals surface area contributed by atoms with E-state index in [2.05, 4.69) is 5.32 Å². The quantitative estimate of drug-likeness (QED) is 0.835. The molecule has 1 atom stereocenters. The van der Waals surface area contributed by atoms with Gasteiger partial charge in [-0.1, -0.05) is 6.07 Å². The van der Waals surface area contributed by atoms with Gasteiger partial charge in [0.25, 0.3) is 5.91 Å². The van der Waals surface area contributed by atoms with Crippen molar-refractivity contribution in [2.45, 2.75) is 20.0 Å². The van der Waals surface area contributed by atoms with Crippen LogP contribution in [0.3, 0.4) is 0 Å². The molecule has 1 aromatic carbocycles. The monoisotopic (exact) mass is 237 g/mol. The highest BCUT2D eigenvalue weighted by Gasteiger charge is 2.15. The summed E-state index contributed by atoms with van der Waals surface area (Å²) in [6.45, 7) is 3.27. The standard InChI is InChI=1S/C12H15NO4/c1-7-9(12(15)16)5-4-6-10(7)13-11(14)8(2)17-3/h4-6,8H,1-3H3,(H,13,14)(H,15,16). The summed E-state index contributed by atoms with van der Waals surface area (Å²) >= 11 is 0. The lowest BCUT2D eigenvalue weighted by molar-refractivity contribution is -0.124. The summed E-state index contributed by atoms with van der Waals surface area (Å²) in [5.41, 5.74) is 1.18. The number of carboxylic acids is 1. The summed E-state index contributed by atoms with van der Waals surface area (Å²) in [5.74, 6) is -1.32. The number of rotatable bonds is 4. The summed E-state index contributed by atoms with van der Waals surface area (Å²) in [5, 5.41) is 11.6. The molecule has 2 N–H and O–H groups in total. The molecule has 0 radical (unpaired) electrons. The molecule has 0 bridgehead atoms. The van der Waals surface area contributed by atoms with Crippen molar-refractivity contribution >= 4 is 17.6 Å². The first-order valence-electron chi connectivity index (χ1n) is 5.14. The normalized spacial score (nSPS) is 11.9. The largest absolute Gasteiger partial charge is 0.478 e. The van der Waals surface area contributed by atoms with Gasteiger partial charge in [0.1, 0.15) is 6.10 Å². The Morgan fingerprint density at radius 1 is 1.41 bits per heavy atom. The Balaban J connectivity index is 2.96. The van der Waals surface area contributed by atoms with Crippen molar-refractivity contribution in [2.75, 3.05) is 12.4 Å². The minimum Gasteiger partial charge on any atom is -0.478 e. The molecule has 0 saturated heterocycles. The summed E-state index contributed by atoms with van der Waals surface area (Å²) in [6.07, 6.45) is -0.581. The molecule has 1 unspecified atom stereocenters. The fraction of sp³-hybridized carbons (Fsp3) is 0.333. The van der Waals surface area contributed by atoms with Gasteiger partial charge in [-0.25, -0.2) is 4.79 Å². The molecule has 5 nitrogen and oxygen atoms in total. The molecule has 17 heavy (non-hydrogen) atoms. The van der Waals surface area contributed by atoms with E-state index in [1.54, 1.807) is 26.0 Å². The Labute approximate surface area is 99.4 Å². The summed E-state index contributed by atoms with van der Waals surface area (Å²) in [6, 6.07) is 4.73. The number of methoxy groups -OCH3 is 1. The number of carboxylic acid groups (broad SMARTS) is 1. The Kier molecular flexibility index (Phi) is 4.23. The van der Waals surface area contributed by atoms with E-state index in [4.69, 9.17) is 9.84 Å². The van der Waals surface area contributed by atoms with Crippen molar-refractivity contribution in [2.24, 2.45) is 0 Å². The number of carbonyl (C=O) groups excluding carboxylic acids is 1. The number of ether oxygens (including phenoxy) is 1. The second-order valence-electron chi connectivity index (χ2n) is 3.65. The molecule has 0 aromatic heterocycles. The fourth-order valence-corrected chi connectivity index (χ4v) is 1.34. The minimum absolute atomic E-state index is 0.174. The van der Waals surface area contributed by atoms with Crippen LogP contribution in [-0.2, 0) is 9.53 Å². The van der Waals surface area contributed by atoms with E-state index in [1.165, 1.54) is 13.2 Å². The van der Waals surface area contributed by atoms with Crippen LogP contribution in [0.4, 0.5) is 5.69 Å². The zero-order chi connectivity index (χ0) is 13.0. The van der Waals surface area contributed by atoms with Gasteiger partial charge in [-0.15, -0.1) is 0 Å². The molecule has 1 rings (SSSR count). The van der Waals surface area contributed by atoms with E-state index in [1.807, 2.05) is 0 Å². The molecule has 0 fully saturated rings. The predicted molar refractivity (Wildman–Crippen MR) is 63.2 cm³/mol. The summed E-state index contributed by atoms with van der Waals surface area (Å²) < 4.78 is 4.87. The molecule has 0 aliphatic carbocycles. The van der Waals surface area contributed by atoms with E-state index in [9.17, 15) is 9.59 Å². The van der Waals surface area contributed by atoms with Crippen LogP contribution in [0.1, 0.15) is 22.8 Å². The minimum atomic E-state index is -1.02. The van der Waals surface area contributed by atoms with Crippen molar-refractivity contribution in [1.82, 2.24) is 0 Å². The Hall–Kier alpha value is -1.88. The topological polar surface area (TPSA) is 75.6 Å². The number of anilines is 1. The molecule has 0 aliphatic heterocycles. The third-order valence-electron chi connectivity index (χ3n) is 2.54. The Morgan fingerprint density at radius 3 is 2.59 bits per heavy atom. The molecule has 0 aliphatic rings. The van der Waals surface area contributed by atoms with E-state index in [-0.39, 0.29) is 11.5 Å². The summed E-state index contributed by atoms with van der Waals surface area (Å²) in [7, 11) is 1.44. The number of carbonyl (C=O) groups is 2. The van der Waals surface area contributed by atoms with Gasteiger partial charge < -0.3 is 15.2 Å². The van der Waals surface area contributed by atoms with E-state index in [0.717, 1.165) is 0 Å². The smallest absolute Gasteiger partial charge is 0.336 e. The first-order chi connectivity index (χ1) is 7.97. The molecule has 0 spiro atoms. The molecular formula is C12H15NO4. The molecule has 0 saturated carbocycles. The third kappa shape index (κ3) is 3.04. The van der Waals surface area contributed by atoms with Crippen molar-refractivity contribution < 1.29 is 19.4 Å². The van der Waals surface area contributed by atoms with Gasteiger partial charge in [0.15, 0.2) is 0 Å². The van der Waals surface area contributed by atoms with Crippen LogP contribution in [0.5, 0.6) is 0 Å². The first-order valence-corrected chi connectivity index (χ1v) is 5.14. The van der Waals surface area contributed by atoms with Crippen molar-refractivity contribution in [3.63, 3.8) is 0 Å². The average Bonchev–Trinajstić information content (AvgIpc) is 2.30. The molecular weight excluding hydrogens is 222 g/mol. The van der Waals surface area contributed by atoms with E-state index >= 15 is 0 Å². The number of aromatic carboxylic acids is 1. The number of nitrogens with one attached hydrogen (secondary N) is 1. The molecule has 1 amide bonds. The number of hydrogen-bond donors (Lipinski definition) is 2. The molecule has 1 aromatic rings. The molecule has 0 heterocycles. The lowest BCUT2D eigenvalue weighted by Crippen LogP contribution is -2.27. The summed E-state index contributed by atoms with van der Waals surface area (Å²) in [4.78, 5) is 22.5. The first kappa shape index (κ1) is 13.2. The van der Waals surface area contributed by atoms with Crippen molar-refractivity contribution in [3.05, 3.63) is 29.3 Å². The van der Waals surface area contributed by atoms with Crippen LogP contribution in [0.25, 0.3) is 0 Å². The fourth-order valence-electron chi connectivity index (χ4n) is 1.34. The van der Waals surface area contributed by atoms with Gasteiger partial charge in [0, 0.05) is 12.8 Å². The maximum atomic E-state index is 11.6. The van der Waals surface area contributed by atoms with Gasteiger partial charge in [-0.2, -0.15) is 0 Å². The SMILES string of the molecule is COC(C)C(=O)Nc1cccc(C(=O)O)c1C. The van der Waals surface area contributed by atoms with Crippen LogP contribution in [-0.4, -0.2) is 30.2 Å². The molecule has 92 valence electrons. The molecule has 5 heteroatoms. The van der Waals surface area contributed by atoms with Gasteiger partial charge in [0.2, 0.25) is 0 Å². The zero-order valence-corrected chi connectivity index (χ0v) is 9.98. The van der Waals surface area contributed by atoms with Crippen molar-refractivity contribution in [3.8, 4) is 0 Å². The van der Waals surface area contributed by atoms with E-state index < -0.39 is 12.1 Å². The van der Waals surface area contributed by atoms with Crippen LogP contribution >= 0.6 is 0 Å². The van der Waals surface area contributed by atoms with Gasteiger partial charge in [0.05, 0.1) is 5.56 Å². The van der Waals surface area contributed by atoms with Crippen LogP contribution in [0.15, 0.2) is 18.2 Å². The average molecular weight is 237 g/mol. The number of hydrogen-bond acceptors (Lipinski definition) is 3. The number of benzene rings is 1. The predicted octanol–water partition coefficient (Wildman–Crippen LogP) is 1.67. The maximum absolute atomic E-state index is 11.6. The van der Waals surface area contributed by atoms with Crippen LogP contribution in [0, 0.1) is 6.92 Å². The lowest BCUT2D eigenvalue weighted by atomic mass is 10.1. The highest BCUT2D eigenvalue weighted by Crippen LogP contribution is 2.19. The highest BCUT2D eigenvalue weighted by atomic mass is 16.5. The highest BCUT2D eigenvalue weighted by molar-refractivity contribution is 5.97. The second kappa shape index (κ2) is 5.45. The number of amides is 1. The Bertz CT molecular complexity index is 442. The van der Waals surface area contributed by atoms with Gasteiger partial charge in [-0.05, 0) is 31.5 Å². The Morgan fingerprint density at radius 2 is 2.06 bits per heavy atom. The van der Waals surface area contributed by atoms with E-state index in [0.29, 0.717) is 11.3 Å². The van der Waals surface area contributed by atoms with Gasteiger partial charge in [-0.3, -0.25) is 4.79 Å². The second-order valence-corrected chi connectivity index (χ2v) is 3.65. The zero-order valence-electron chi connectivity index (χ0n) is 9.98. The third-order valence-corrected chi connectivity index (χ3v) is 2.54.